The molecular formula is C13H13BrF3NO2. The first kappa shape index (κ1) is 15.3. The van der Waals surface area contributed by atoms with E-state index in [-0.39, 0.29) is 0 Å². The van der Waals surface area contributed by atoms with Crippen LogP contribution >= 0.6 is 15.9 Å². The maximum absolute atomic E-state index is 12.2. The smallest absolute Gasteiger partial charge is 0.415 e. The molecule has 2 N–H and O–H groups in total. The van der Waals surface area contributed by atoms with Crippen molar-refractivity contribution in [3.05, 3.63) is 34.5 Å². The highest BCUT2D eigenvalue weighted by Crippen LogP contribution is 2.27. The van der Waals surface area contributed by atoms with Gasteiger partial charge < -0.3 is 14.8 Å². The van der Waals surface area contributed by atoms with Crippen molar-refractivity contribution in [2.24, 2.45) is 0 Å². The Bertz CT molecular complexity index is 597. The standard InChI is InChI=1S/C13H13BrF3NO2/c1-7(18-6-12(19)13(15,16)17)11-5-8-4-9(14)2-3-10(8)20-11/h2-5,7,12,18-19H,6H2,1H3. The quantitative estimate of drug-likeness (QED) is 0.881. The van der Waals surface area contributed by atoms with Gasteiger partial charge >= 0.3 is 6.18 Å². The molecule has 0 aliphatic heterocycles. The average Bonchev–Trinajstić information content (AvgIpc) is 2.77. The van der Waals surface area contributed by atoms with E-state index in [1.54, 1.807) is 19.1 Å². The highest BCUT2D eigenvalue weighted by atomic mass is 79.9. The fourth-order valence-electron chi connectivity index (χ4n) is 1.75. The van der Waals surface area contributed by atoms with Crippen LogP contribution in [0.15, 0.2) is 33.2 Å². The predicted molar refractivity (Wildman–Crippen MR) is 72.4 cm³/mol. The molecule has 0 saturated heterocycles. The fourth-order valence-corrected chi connectivity index (χ4v) is 2.13. The Morgan fingerprint density at radius 3 is 2.70 bits per heavy atom. The molecule has 0 bridgehead atoms. The van der Waals surface area contributed by atoms with E-state index in [2.05, 4.69) is 21.2 Å². The van der Waals surface area contributed by atoms with Crippen molar-refractivity contribution < 1.29 is 22.7 Å². The van der Waals surface area contributed by atoms with Crippen molar-refractivity contribution in [1.82, 2.24) is 5.32 Å². The summed E-state index contributed by atoms with van der Waals surface area (Å²) in [4.78, 5) is 0. The van der Waals surface area contributed by atoms with E-state index in [0.717, 1.165) is 9.86 Å². The summed E-state index contributed by atoms with van der Waals surface area (Å²) in [5.74, 6) is 0.521. The SMILES string of the molecule is CC(NCC(O)C(F)(F)F)c1cc2cc(Br)ccc2o1. The van der Waals surface area contributed by atoms with Gasteiger partial charge in [-0.15, -0.1) is 0 Å². The summed E-state index contributed by atoms with van der Waals surface area (Å²) in [5.41, 5.74) is 0.660. The van der Waals surface area contributed by atoms with E-state index in [0.29, 0.717) is 11.3 Å². The summed E-state index contributed by atoms with van der Waals surface area (Å²) in [5, 5.41) is 12.4. The van der Waals surface area contributed by atoms with Crippen molar-refractivity contribution in [3.8, 4) is 0 Å². The minimum absolute atomic E-state index is 0.432. The monoisotopic (exact) mass is 351 g/mol. The lowest BCUT2D eigenvalue weighted by Crippen LogP contribution is -2.39. The molecule has 1 aromatic heterocycles. The molecule has 0 aliphatic carbocycles. The predicted octanol–water partition coefficient (Wildman–Crippen LogP) is 3.77. The zero-order valence-electron chi connectivity index (χ0n) is 10.5. The maximum atomic E-state index is 12.2. The van der Waals surface area contributed by atoms with Crippen LogP contribution in [0.3, 0.4) is 0 Å². The normalized spacial score (nSPS) is 15.5. The third-order valence-corrected chi connectivity index (χ3v) is 3.41. The lowest BCUT2D eigenvalue weighted by molar-refractivity contribution is -0.202. The van der Waals surface area contributed by atoms with Crippen LogP contribution in [-0.2, 0) is 0 Å². The number of aliphatic hydroxyl groups excluding tert-OH is 1. The van der Waals surface area contributed by atoms with Crippen LogP contribution in [0.1, 0.15) is 18.7 Å². The van der Waals surface area contributed by atoms with Gasteiger partial charge in [-0.25, -0.2) is 0 Å². The van der Waals surface area contributed by atoms with Gasteiger partial charge in [0, 0.05) is 16.4 Å². The molecule has 110 valence electrons. The van der Waals surface area contributed by atoms with Crippen LogP contribution in [0.2, 0.25) is 0 Å². The molecular weight excluding hydrogens is 339 g/mol. The molecule has 0 radical (unpaired) electrons. The molecule has 0 fully saturated rings. The molecule has 0 amide bonds. The Hall–Kier alpha value is -1.05. The van der Waals surface area contributed by atoms with Crippen molar-refractivity contribution in [2.75, 3.05) is 6.54 Å². The first-order chi connectivity index (χ1) is 9.27. The van der Waals surface area contributed by atoms with Crippen LogP contribution in [0.5, 0.6) is 0 Å². The Morgan fingerprint density at radius 1 is 1.35 bits per heavy atom. The number of halogens is 4. The average molecular weight is 352 g/mol. The number of aliphatic hydroxyl groups is 1. The summed E-state index contributed by atoms with van der Waals surface area (Å²) in [6.07, 6.45) is -7.01. The topological polar surface area (TPSA) is 45.4 Å². The summed E-state index contributed by atoms with van der Waals surface area (Å²) in [6.45, 7) is 1.10. The van der Waals surface area contributed by atoms with Crippen LogP contribution in [0, 0.1) is 0 Å². The van der Waals surface area contributed by atoms with Crippen molar-refractivity contribution in [3.63, 3.8) is 0 Å². The number of fused-ring (bicyclic) bond motifs is 1. The van der Waals surface area contributed by atoms with Crippen LogP contribution < -0.4 is 5.32 Å². The minimum Gasteiger partial charge on any atom is -0.459 e. The van der Waals surface area contributed by atoms with Gasteiger partial charge in [0.15, 0.2) is 6.10 Å². The third kappa shape index (κ3) is 3.53. The number of alkyl halides is 3. The number of furan rings is 1. The van der Waals surface area contributed by atoms with Crippen LogP contribution in [-0.4, -0.2) is 23.9 Å². The van der Waals surface area contributed by atoms with E-state index in [4.69, 9.17) is 9.52 Å². The minimum atomic E-state index is -4.62. The van der Waals surface area contributed by atoms with E-state index >= 15 is 0 Å². The number of hydrogen-bond donors (Lipinski definition) is 2. The lowest BCUT2D eigenvalue weighted by atomic mass is 10.2. The van der Waals surface area contributed by atoms with Gasteiger partial charge in [-0.05, 0) is 31.2 Å². The largest absolute Gasteiger partial charge is 0.459 e. The number of rotatable bonds is 4. The fraction of sp³-hybridized carbons (Fsp3) is 0.385. The molecule has 2 atom stereocenters. The van der Waals surface area contributed by atoms with Gasteiger partial charge in [-0.1, -0.05) is 15.9 Å². The molecule has 0 aliphatic rings. The first-order valence-corrected chi connectivity index (χ1v) is 6.74. The summed E-state index contributed by atoms with van der Waals surface area (Å²) in [6, 6.07) is 6.79. The molecule has 1 heterocycles. The Morgan fingerprint density at radius 2 is 2.05 bits per heavy atom. The van der Waals surface area contributed by atoms with E-state index in [1.807, 2.05) is 12.1 Å². The van der Waals surface area contributed by atoms with Gasteiger partial charge in [0.2, 0.25) is 0 Å². The molecule has 3 nitrogen and oxygen atoms in total. The molecule has 0 spiro atoms. The van der Waals surface area contributed by atoms with Crippen LogP contribution in [0.4, 0.5) is 13.2 Å². The molecule has 0 saturated carbocycles. The first-order valence-electron chi connectivity index (χ1n) is 5.94. The summed E-state index contributed by atoms with van der Waals surface area (Å²) >= 11 is 3.33. The second-order valence-electron chi connectivity index (χ2n) is 4.52. The van der Waals surface area contributed by atoms with Gasteiger partial charge in [-0.2, -0.15) is 13.2 Å². The molecule has 1 aromatic carbocycles. The van der Waals surface area contributed by atoms with Crippen molar-refractivity contribution in [2.45, 2.75) is 25.2 Å². The highest BCUT2D eigenvalue weighted by molar-refractivity contribution is 9.10. The molecule has 2 unspecified atom stereocenters. The molecule has 7 heteroatoms. The number of hydrogen-bond acceptors (Lipinski definition) is 3. The Balaban J connectivity index is 2.06. The van der Waals surface area contributed by atoms with E-state index < -0.39 is 24.9 Å². The lowest BCUT2D eigenvalue weighted by Gasteiger charge is -2.17. The van der Waals surface area contributed by atoms with Gasteiger partial charge in [-0.3, -0.25) is 0 Å². The zero-order valence-corrected chi connectivity index (χ0v) is 12.1. The molecule has 2 aromatic rings. The van der Waals surface area contributed by atoms with E-state index in [9.17, 15) is 13.2 Å². The van der Waals surface area contributed by atoms with Crippen molar-refractivity contribution >= 4 is 26.9 Å². The number of benzene rings is 1. The Labute approximate surface area is 121 Å². The van der Waals surface area contributed by atoms with Crippen LogP contribution in [0.25, 0.3) is 11.0 Å². The summed E-state index contributed by atoms with van der Waals surface area (Å²) < 4.78 is 43.0. The summed E-state index contributed by atoms with van der Waals surface area (Å²) in [7, 11) is 0. The van der Waals surface area contributed by atoms with Crippen molar-refractivity contribution in [1.29, 1.82) is 0 Å². The van der Waals surface area contributed by atoms with Gasteiger partial charge in [0.05, 0.1) is 6.04 Å². The second-order valence-corrected chi connectivity index (χ2v) is 5.43. The van der Waals surface area contributed by atoms with E-state index in [1.165, 1.54) is 0 Å². The Kier molecular flexibility index (Phi) is 4.41. The van der Waals surface area contributed by atoms with Gasteiger partial charge in [0.25, 0.3) is 0 Å². The van der Waals surface area contributed by atoms with Gasteiger partial charge in [0.1, 0.15) is 11.3 Å². The zero-order chi connectivity index (χ0) is 14.9. The maximum Gasteiger partial charge on any atom is 0.415 e. The molecule has 2 rings (SSSR count). The molecule has 20 heavy (non-hydrogen) atoms. The number of nitrogens with one attached hydrogen (secondary N) is 1. The second kappa shape index (κ2) is 5.75. The third-order valence-electron chi connectivity index (χ3n) is 2.92. The highest BCUT2D eigenvalue weighted by Gasteiger charge is 2.38.